The van der Waals surface area contributed by atoms with Crippen molar-refractivity contribution in [3.8, 4) is 0 Å². The van der Waals surface area contributed by atoms with Gasteiger partial charge < -0.3 is 18.8 Å². The van der Waals surface area contributed by atoms with Crippen LogP contribution in [-0.4, -0.2) is 80.1 Å². The van der Waals surface area contributed by atoms with Gasteiger partial charge in [0.25, 0.3) is 0 Å². The summed E-state index contributed by atoms with van der Waals surface area (Å²) < 4.78 is 14.3. The number of carbonyl (C=O) groups is 2. The van der Waals surface area contributed by atoms with E-state index < -0.39 is 46.3 Å². The number of hydrogen-bond donors (Lipinski definition) is 1. The van der Waals surface area contributed by atoms with E-state index in [0.29, 0.717) is 19.5 Å². The Balaban J connectivity index is 2.24. The van der Waals surface area contributed by atoms with Crippen molar-refractivity contribution in [3.63, 3.8) is 0 Å². The molecular formula is C25H50N2O5Si2. The van der Waals surface area contributed by atoms with Crippen LogP contribution in [0.2, 0.25) is 36.3 Å². The first-order chi connectivity index (χ1) is 15.0. The van der Waals surface area contributed by atoms with E-state index in [0.717, 1.165) is 0 Å². The molecule has 0 aromatic rings. The van der Waals surface area contributed by atoms with Crippen LogP contribution in [-0.2, 0) is 14.0 Å². The molecule has 198 valence electrons. The number of β-lactam (4-membered cyclic amide) rings is 1. The fourth-order valence-corrected chi connectivity index (χ4v) is 7.78. The minimum absolute atomic E-state index is 0.0111. The molecule has 7 nitrogen and oxygen atoms in total. The van der Waals surface area contributed by atoms with Crippen LogP contribution in [0.1, 0.15) is 68.7 Å². The van der Waals surface area contributed by atoms with E-state index in [-0.39, 0.29) is 22.1 Å². The number of likely N-dealkylation sites (tertiary alicyclic amines) is 1. The monoisotopic (exact) mass is 514 g/mol. The SMILES string of the molecule is CC(C)(C)OC(=O)N1C[C@H](O[Si](C)(C)C(C)(C)C)C[C@H]1C(O)C1CN([Si](C)(C)C(C)(C)C)C1=O. The van der Waals surface area contributed by atoms with Crippen molar-refractivity contribution in [2.24, 2.45) is 5.92 Å². The molecular weight excluding hydrogens is 464 g/mol. The predicted molar refractivity (Wildman–Crippen MR) is 142 cm³/mol. The minimum Gasteiger partial charge on any atom is -0.444 e. The molecule has 0 saturated carbocycles. The van der Waals surface area contributed by atoms with E-state index in [1.165, 1.54) is 0 Å². The van der Waals surface area contributed by atoms with Crippen molar-refractivity contribution in [2.75, 3.05) is 13.1 Å². The first kappa shape index (κ1) is 29.3. The topological polar surface area (TPSA) is 79.3 Å². The molecule has 2 rings (SSSR count). The molecule has 2 fully saturated rings. The quantitative estimate of drug-likeness (QED) is 0.402. The number of carbonyl (C=O) groups excluding carboxylic acids is 2. The zero-order valence-electron chi connectivity index (χ0n) is 23.9. The van der Waals surface area contributed by atoms with E-state index in [2.05, 4.69) is 67.7 Å². The molecule has 0 aromatic heterocycles. The summed E-state index contributed by atoms with van der Waals surface area (Å²) in [6.07, 6.45) is -1.06. The molecule has 0 bridgehead atoms. The van der Waals surface area contributed by atoms with Crippen LogP contribution >= 0.6 is 0 Å². The van der Waals surface area contributed by atoms with Crippen molar-refractivity contribution in [2.45, 2.75) is 129 Å². The Morgan fingerprint density at radius 2 is 1.50 bits per heavy atom. The van der Waals surface area contributed by atoms with Crippen LogP contribution in [0.3, 0.4) is 0 Å². The second-order valence-corrected chi connectivity index (χ2v) is 24.2. The lowest BCUT2D eigenvalue weighted by molar-refractivity contribution is -0.150. The highest BCUT2D eigenvalue weighted by atomic mass is 28.4. The van der Waals surface area contributed by atoms with Gasteiger partial charge in [0, 0.05) is 13.1 Å². The zero-order chi connectivity index (χ0) is 26.7. The Morgan fingerprint density at radius 1 is 0.971 bits per heavy atom. The highest BCUT2D eigenvalue weighted by Crippen LogP contribution is 2.44. The van der Waals surface area contributed by atoms with E-state index in [1.807, 2.05) is 25.3 Å². The Labute approximate surface area is 209 Å². The van der Waals surface area contributed by atoms with Crippen LogP contribution < -0.4 is 0 Å². The van der Waals surface area contributed by atoms with Gasteiger partial charge in [-0.15, -0.1) is 0 Å². The minimum atomic E-state index is -2.07. The Hall–Kier alpha value is -0.906. The number of nitrogens with zero attached hydrogens (tertiary/aromatic N) is 2. The molecule has 2 aliphatic rings. The highest BCUT2D eigenvalue weighted by Gasteiger charge is 2.56. The summed E-state index contributed by atoms with van der Waals surface area (Å²) in [5.74, 6) is -0.479. The second-order valence-electron chi connectivity index (χ2n) is 14.3. The summed E-state index contributed by atoms with van der Waals surface area (Å²) in [5, 5.41) is 11.5. The number of aliphatic hydroxyl groups excluding tert-OH is 1. The molecule has 34 heavy (non-hydrogen) atoms. The fourth-order valence-electron chi connectivity index (χ4n) is 4.24. The lowest BCUT2D eigenvalue weighted by Gasteiger charge is -2.54. The van der Waals surface area contributed by atoms with Gasteiger partial charge in [0.2, 0.25) is 5.91 Å². The van der Waals surface area contributed by atoms with Gasteiger partial charge >= 0.3 is 6.09 Å². The number of aliphatic hydroxyl groups is 1. The first-order valence-electron chi connectivity index (χ1n) is 12.7. The molecule has 0 aromatic carbocycles. The summed E-state index contributed by atoms with van der Waals surface area (Å²) in [7, 11) is -4.07. The van der Waals surface area contributed by atoms with Gasteiger partial charge in [-0.3, -0.25) is 9.69 Å². The maximum absolute atomic E-state index is 13.2. The Kier molecular flexibility index (Phi) is 7.93. The van der Waals surface area contributed by atoms with E-state index in [9.17, 15) is 14.7 Å². The Bertz CT molecular complexity index is 780. The Morgan fingerprint density at radius 3 is 1.91 bits per heavy atom. The number of ether oxygens (including phenoxy) is 1. The standard InChI is InChI=1S/C25H50N2O5Si2/c1-23(2,3)31-22(30)26-15-17(32-34(12,13)25(7,8)9)14-19(26)20(28)18-16-27(21(18)29)33(10,11)24(4,5)6/h17-20,28H,14-16H2,1-13H3/t17-,18?,19+,20?/m1/s1. The molecule has 2 heterocycles. The molecule has 9 heteroatoms. The van der Waals surface area contributed by atoms with Crippen LogP contribution in [0.15, 0.2) is 0 Å². The molecule has 2 unspecified atom stereocenters. The molecule has 2 aliphatic heterocycles. The molecule has 1 N–H and O–H groups in total. The summed E-state index contributed by atoms with van der Waals surface area (Å²) in [6.45, 7) is 28.3. The lowest BCUT2D eigenvalue weighted by atomic mass is 9.89. The van der Waals surface area contributed by atoms with Gasteiger partial charge in [0.15, 0.2) is 16.6 Å². The number of hydrogen-bond acceptors (Lipinski definition) is 5. The van der Waals surface area contributed by atoms with Gasteiger partial charge in [-0.2, -0.15) is 0 Å². The molecule has 4 atom stereocenters. The van der Waals surface area contributed by atoms with Crippen molar-refractivity contribution >= 4 is 28.6 Å². The largest absolute Gasteiger partial charge is 0.444 e. The van der Waals surface area contributed by atoms with E-state index in [4.69, 9.17) is 9.16 Å². The normalized spacial score (nSPS) is 25.9. The van der Waals surface area contributed by atoms with Crippen molar-refractivity contribution in [3.05, 3.63) is 0 Å². The average molecular weight is 515 g/mol. The third kappa shape index (κ3) is 5.90. The van der Waals surface area contributed by atoms with Crippen molar-refractivity contribution in [1.82, 2.24) is 9.47 Å². The molecule has 0 radical (unpaired) electrons. The van der Waals surface area contributed by atoms with Gasteiger partial charge in [0.1, 0.15) is 5.60 Å². The summed E-state index contributed by atoms with van der Waals surface area (Å²) >= 11 is 0. The van der Waals surface area contributed by atoms with Crippen molar-refractivity contribution < 1.29 is 23.9 Å². The lowest BCUT2D eigenvalue weighted by Crippen LogP contribution is -2.70. The fraction of sp³-hybridized carbons (Fsp3) is 0.920. The van der Waals surface area contributed by atoms with E-state index in [1.54, 1.807) is 4.90 Å². The van der Waals surface area contributed by atoms with Crippen LogP contribution in [0.5, 0.6) is 0 Å². The average Bonchev–Trinajstić information content (AvgIpc) is 3.00. The molecule has 2 saturated heterocycles. The molecule has 0 aliphatic carbocycles. The van der Waals surface area contributed by atoms with Gasteiger partial charge in [-0.05, 0) is 50.4 Å². The van der Waals surface area contributed by atoms with Crippen molar-refractivity contribution in [1.29, 1.82) is 0 Å². The third-order valence-corrected chi connectivity index (χ3v) is 18.4. The van der Waals surface area contributed by atoms with Gasteiger partial charge in [0.05, 0.1) is 24.2 Å². The highest BCUT2D eigenvalue weighted by molar-refractivity contribution is 6.79. The van der Waals surface area contributed by atoms with Crippen LogP contribution in [0.25, 0.3) is 0 Å². The van der Waals surface area contributed by atoms with Gasteiger partial charge in [-0.25, -0.2) is 4.79 Å². The first-order valence-corrected chi connectivity index (χ1v) is 18.5. The summed E-state index contributed by atoms with van der Waals surface area (Å²) in [4.78, 5) is 28.0. The maximum Gasteiger partial charge on any atom is 0.410 e. The third-order valence-electron chi connectivity index (χ3n) is 8.48. The summed E-state index contributed by atoms with van der Waals surface area (Å²) in [6, 6.07) is -0.500. The number of rotatable bonds is 5. The van der Waals surface area contributed by atoms with E-state index >= 15 is 0 Å². The maximum atomic E-state index is 13.2. The predicted octanol–water partition coefficient (Wildman–Crippen LogP) is 5.21. The molecule has 0 spiro atoms. The van der Waals surface area contributed by atoms with Crippen LogP contribution in [0.4, 0.5) is 4.79 Å². The molecule has 2 amide bonds. The second kappa shape index (κ2) is 9.19. The van der Waals surface area contributed by atoms with Gasteiger partial charge in [-0.1, -0.05) is 54.6 Å². The number of amides is 2. The zero-order valence-corrected chi connectivity index (χ0v) is 25.9. The summed E-state index contributed by atoms with van der Waals surface area (Å²) in [5.41, 5.74) is -0.642. The smallest absolute Gasteiger partial charge is 0.410 e. The van der Waals surface area contributed by atoms with Crippen LogP contribution in [0, 0.1) is 5.92 Å².